The number of aryl methyl sites for hydroxylation is 1. The first-order valence-corrected chi connectivity index (χ1v) is 12.2. The van der Waals surface area contributed by atoms with Crippen LogP contribution in [0.1, 0.15) is 42.0 Å². The summed E-state index contributed by atoms with van der Waals surface area (Å²) in [5.74, 6) is 1.72. The lowest BCUT2D eigenvalue weighted by Gasteiger charge is -2.58. The number of hydrogen-bond acceptors (Lipinski definition) is 6. The third-order valence-corrected chi connectivity index (χ3v) is 8.03. The maximum Gasteiger partial charge on any atom is 0.317 e. The molecule has 0 bridgehead atoms. The van der Waals surface area contributed by atoms with Gasteiger partial charge in [0.05, 0.1) is 17.8 Å². The number of carbonyl (C=O) groups is 1. The molecule has 0 aromatic carbocycles. The van der Waals surface area contributed by atoms with Crippen molar-refractivity contribution in [2.75, 3.05) is 45.8 Å². The Balaban J connectivity index is 1.45. The van der Waals surface area contributed by atoms with Gasteiger partial charge in [0, 0.05) is 57.1 Å². The molecule has 2 aliphatic heterocycles. The number of carbonyl (C=O) groups excluding carboxylic acids is 1. The van der Waals surface area contributed by atoms with Crippen molar-refractivity contribution in [2.45, 2.75) is 37.7 Å². The molecule has 1 atom stereocenters. The van der Waals surface area contributed by atoms with Crippen molar-refractivity contribution in [3.8, 4) is 5.82 Å². The Morgan fingerprint density at radius 3 is 2.74 bits per heavy atom. The summed E-state index contributed by atoms with van der Waals surface area (Å²) in [6, 6.07) is 5.41. The number of aromatic nitrogens is 3. The molecule has 5 heterocycles. The molecule has 2 saturated heterocycles. The van der Waals surface area contributed by atoms with E-state index < -0.39 is 11.6 Å². The summed E-state index contributed by atoms with van der Waals surface area (Å²) in [5, 5.41) is 3.70. The number of fused-ring (bicyclic) bond motifs is 1. The van der Waals surface area contributed by atoms with Crippen molar-refractivity contribution in [3.05, 3.63) is 47.4 Å². The number of methoxy groups -OCH3 is 1. The van der Waals surface area contributed by atoms with Crippen LogP contribution < -0.4 is 11.1 Å². The third-order valence-electron chi connectivity index (χ3n) is 8.03. The van der Waals surface area contributed by atoms with Gasteiger partial charge >= 0.3 is 6.03 Å². The zero-order chi connectivity index (χ0) is 24.4. The molecule has 35 heavy (non-hydrogen) atoms. The molecule has 1 aliphatic carbocycles. The van der Waals surface area contributed by atoms with E-state index in [1.165, 1.54) is 31.5 Å². The number of amides is 2. The fourth-order valence-electron chi connectivity index (χ4n) is 6.44. The van der Waals surface area contributed by atoms with Crippen LogP contribution in [0.15, 0.2) is 30.6 Å². The minimum Gasteiger partial charge on any atom is -0.378 e. The maximum absolute atomic E-state index is 11.5. The molecule has 184 valence electrons. The van der Waals surface area contributed by atoms with Crippen LogP contribution in [0, 0.1) is 12.3 Å². The molecule has 9 heteroatoms. The van der Waals surface area contributed by atoms with Crippen molar-refractivity contribution >= 4 is 22.8 Å². The van der Waals surface area contributed by atoms with Gasteiger partial charge in [-0.15, -0.1) is 0 Å². The Bertz CT molecular complexity index is 1300. The number of hydrogen-bond donors (Lipinski definition) is 2. The predicted molar refractivity (Wildman–Crippen MR) is 133 cm³/mol. The molecule has 2 amide bonds. The lowest BCUT2D eigenvalue weighted by molar-refractivity contribution is -0.0581. The summed E-state index contributed by atoms with van der Waals surface area (Å²) in [4.78, 5) is 23.4. The third kappa shape index (κ3) is 3.69. The molecule has 3 aromatic rings. The molecule has 3 aliphatic rings. The molecule has 9 nitrogen and oxygen atoms in total. The molecule has 1 unspecified atom stereocenters. The standard InChI is InChI=1S/C26H32N6O3/c1-16-6-21(26(34-3)4-5-35-15-26)29-23(7-16)32-12-19(17-9-25(10-17)13-31(2)14-25)18-11-28-22(8-20(18)32)30-24(27)33/h6-8,11-12,17H,4-5,9-10,13-15H2,1-3H3,(H3,27,28,30,33). The number of pyridine rings is 2. The normalized spacial score (nSPS) is 24.0. The van der Waals surface area contributed by atoms with Crippen LogP contribution >= 0.6 is 0 Å². The summed E-state index contributed by atoms with van der Waals surface area (Å²) in [7, 11) is 3.91. The Hall–Kier alpha value is -3.01. The number of ether oxygens (including phenoxy) is 2. The molecule has 1 spiro atoms. The van der Waals surface area contributed by atoms with Crippen LogP contribution in [0.25, 0.3) is 16.7 Å². The highest BCUT2D eigenvalue weighted by molar-refractivity contribution is 5.92. The SMILES string of the molecule is COC1(c2cc(C)cc(-n3cc(C4CC5(C4)CN(C)C5)c4cnc(NC(N)=O)cc43)n2)CCOC1. The summed E-state index contributed by atoms with van der Waals surface area (Å²) in [6.45, 7) is 5.58. The van der Waals surface area contributed by atoms with Crippen LogP contribution in [0.4, 0.5) is 10.6 Å². The number of nitrogens with two attached hydrogens (primary N) is 1. The Morgan fingerprint density at radius 1 is 1.29 bits per heavy atom. The number of nitrogens with zero attached hydrogens (tertiary/aromatic N) is 4. The van der Waals surface area contributed by atoms with E-state index in [0.717, 1.165) is 34.4 Å². The molecular formula is C26H32N6O3. The van der Waals surface area contributed by atoms with E-state index in [4.69, 9.17) is 20.2 Å². The highest BCUT2D eigenvalue weighted by Gasteiger charge is 2.51. The Labute approximate surface area is 204 Å². The van der Waals surface area contributed by atoms with Gasteiger partial charge in [0.1, 0.15) is 17.2 Å². The molecule has 6 rings (SSSR count). The van der Waals surface area contributed by atoms with E-state index in [0.29, 0.717) is 30.4 Å². The minimum absolute atomic E-state index is 0.423. The van der Waals surface area contributed by atoms with Gasteiger partial charge < -0.3 is 24.7 Å². The van der Waals surface area contributed by atoms with Gasteiger partial charge in [-0.1, -0.05) is 0 Å². The minimum atomic E-state index is -0.635. The average molecular weight is 477 g/mol. The molecule has 0 radical (unpaired) electrons. The van der Waals surface area contributed by atoms with Gasteiger partial charge in [0.2, 0.25) is 0 Å². The number of likely N-dealkylation sites (tertiary alicyclic amines) is 1. The molecule has 1 saturated carbocycles. The van der Waals surface area contributed by atoms with Crippen LogP contribution in [0.3, 0.4) is 0 Å². The fourth-order valence-corrected chi connectivity index (χ4v) is 6.44. The Morgan fingerprint density at radius 2 is 2.09 bits per heavy atom. The first-order valence-electron chi connectivity index (χ1n) is 12.2. The first-order chi connectivity index (χ1) is 16.8. The predicted octanol–water partition coefficient (Wildman–Crippen LogP) is 3.29. The number of nitrogens with one attached hydrogen (secondary N) is 1. The van der Waals surface area contributed by atoms with Crippen LogP contribution in [-0.2, 0) is 15.1 Å². The summed E-state index contributed by atoms with van der Waals surface area (Å²) >= 11 is 0. The van der Waals surface area contributed by atoms with Crippen molar-refractivity contribution < 1.29 is 14.3 Å². The van der Waals surface area contributed by atoms with Crippen molar-refractivity contribution in [1.82, 2.24) is 19.4 Å². The molecule has 3 N–H and O–H groups in total. The molecule has 3 aromatic heterocycles. The van der Waals surface area contributed by atoms with Crippen LogP contribution in [0.5, 0.6) is 0 Å². The van der Waals surface area contributed by atoms with Crippen LogP contribution in [-0.4, -0.2) is 65.9 Å². The second kappa shape index (κ2) is 8.01. The van der Waals surface area contributed by atoms with E-state index in [2.05, 4.69) is 52.1 Å². The zero-order valence-corrected chi connectivity index (χ0v) is 20.5. The first kappa shape index (κ1) is 22.5. The van der Waals surface area contributed by atoms with Gasteiger partial charge in [0.15, 0.2) is 0 Å². The Kier molecular flexibility index (Phi) is 5.14. The summed E-state index contributed by atoms with van der Waals surface area (Å²) < 4.78 is 13.7. The summed E-state index contributed by atoms with van der Waals surface area (Å²) in [6.07, 6.45) is 7.20. The van der Waals surface area contributed by atoms with E-state index in [9.17, 15) is 4.79 Å². The molecular weight excluding hydrogens is 444 g/mol. The van der Waals surface area contributed by atoms with Gasteiger partial charge in [-0.2, -0.15) is 0 Å². The van der Waals surface area contributed by atoms with Gasteiger partial charge in [-0.25, -0.2) is 14.8 Å². The number of rotatable bonds is 5. The van der Waals surface area contributed by atoms with Gasteiger partial charge in [0.25, 0.3) is 0 Å². The second-order valence-corrected chi connectivity index (χ2v) is 10.7. The highest BCUT2D eigenvalue weighted by atomic mass is 16.5. The smallest absolute Gasteiger partial charge is 0.317 e. The lowest BCUT2D eigenvalue weighted by atomic mass is 9.56. The van der Waals surface area contributed by atoms with Crippen molar-refractivity contribution in [2.24, 2.45) is 11.1 Å². The summed E-state index contributed by atoms with van der Waals surface area (Å²) in [5.41, 5.74) is 9.50. The van der Waals surface area contributed by atoms with E-state index >= 15 is 0 Å². The van der Waals surface area contributed by atoms with Gasteiger partial charge in [-0.05, 0) is 61.4 Å². The van der Waals surface area contributed by atoms with Crippen molar-refractivity contribution in [1.29, 1.82) is 0 Å². The number of anilines is 1. The monoisotopic (exact) mass is 476 g/mol. The lowest BCUT2D eigenvalue weighted by Crippen LogP contribution is -2.59. The fraction of sp³-hybridized carbons (Fsp3) is 0.500. The van der Waals surface area contributed by atoms with E-state index in [-0.39, 0.29) is 0 Å². The van der Waals surface area contributed by atoms with Gasteiger partial charge in [-0.3, -0.25) is 5.32 Å². The topological polar surface area (TPSA) is 108 Å². The van der Waals surface area contributed by atoms with Crippen LogP contribution in [0.2, 0.25) is 0 Å². The second-order valence-electron chi connectivity index (χ2n) is 10.7. The number of primary amides is 1. The average Bonchev–Trinajstić information content (AvgIpc) is 3.40. The largest absolute Gasteiger partial charge is 0.378 e. The maximum atomic E-state index is 11.5. The van der Waals surface area contributed by atoms with E-state index in [1.54, 1.807) is 7.11 Å². The highest BCUT2D eigenvalue weighted by Crippen LogP contribution is 2.56. The molecule has 3 fully saturated rings. The van der Waals surface area contributed by atoms with E-state index in [1.807, 2.05) is 12.3 Å². The number of urea groups is 1. The zero-order valence-electron chi connectivity index (χ0n) is 20.5. The van der Waals surface area contributed by atoms with Crippen molar-refractivity contribution in [3.63, 3.8) is 0 Å². The quantitative estimate of drug-likeness (QED) is 0.585.